The molecule has 2 aliphatic rings. The molecule has 2 N–H and O–H groups in total. The minimum atomic E-state index is -0.526. The molecule has 0 bridgehead atoms. The van der Waals surface area contributed by atoms with E-state index in [1.165, 1.54) is 5.56 Å². The lowest BCUT2D eigenvalue weighted by Gasteiger charge is -2.40. The summed E-state index contributed by atoms with van der Waals surface area (Å²) in [6.45, 7) is 15.9. The van der Waals surface area contributed by atoms with E-state index in [0.29, 0.717) is 39.6 Å². The molecule has 2 aliphatic heterocycles. The first-order valence-electron chi connectivity index (χ1n) is 17.3. The lowest BCUT2D eigenvalue weighted by Crippen LogP contribution is -2.52. The van der Waals surface area contributed by atoms with Crippen molar-refractivity contribution in [3.8, 4) is 5.75 Å². The number of piperidine rings is 1. The highest BCUT2D eigenvalue weighted by Crippen LogP contribution is 2.36. The first-order valence-corrected chi connectivity index (χ1v) is 17.3. The van der Waals surface area contributed by atoms with Gasteiger partial charge in [0.15, 0.2) is 0 Å². The van der Waals surface area contributed by atoms with E-state index in [0.717, 1.165) is 74.6 Å². The normalized spacial score (nSPS) is 19.8. The van der Waals surface area contributed by atoms with Crippen molar-refractivity contribution in [2.75, 3.05) is 78.3 Å². The second-order valence-electron chi connectivity index (χ2n) is 13.3. The number of carbonyl (C=O) groups is 1. The van der Waals surface area contributed by atoms with Gasteiger partial charge in [-0.05, 0) is 48.1 Å². The third-order valence-corrected chi connectivity index (χ3v) is 9.32. The minimum absolute atomic E-state index is 0.0206. The number of hydrazine groups is 1. The number of carbonyl (C=O) groups excluding carboxylic acids is 1. The molecule has 0 radical (unpaired) electrons. The maximum atomic E-state index is 13.3. The molecule has 2 aromatic rings. The Bertz CT molecular complexity index is 1220. The number of amides is 1. The molecule has 1 fully saturated rings. The lowest BCUT2D eigenvalue weighted by atomic mass is 9.77. The van der Waals surface area contributed by atoms with Crippen LogP contribution >= 0.6 is 0 Å². The van der Waals surface area contributed by atoms with Crippen LogP contribution in [0.1, 0.15) is 69.6 Å². The zero-order valence-corrected chi connectivity index (χ0v) is 29.5. The van der Waals surface area contributed by atoms with Gasteiger partial charge in [0.05, 0.1) is 44.8 Å². The average Bonchev–Trinajstić information content (AvgIpc) is 3.08. The molecule has 47 heavy (non-hydrogen) atoms. The Morgan fingerprint density at radius 3 is 2.49 bits per heavy atom. The lowest BCUT2D eigenvalue weighted by molar-refractivity contribution is -0.135. The molecule has 2 heterocycles. The van der Waals surface area contributed by atoms with Gasteiger partial charge in [-0.1, -0.05) is 58.0 Å². The van der Waals surface area contributed by atoms with Crippen LogP contribution in [0.25, 0.3) is 0 Å². The summed E-state index contributed by atoms with van der Waals surface area (Å²) in [6, 6.07) is 15.3. The van der Waals surface area contributed by atoms with Gasteiger partial charge < -0.3 is 33.9 Å². The van der Waals surface area contributed by atoms with Crippen LogP contribution in [0.2, 0.25) is 0 Å². The van der Waals surface area contributed by atoms with Crippen LogP contribution < -0.4 is 20.4 Å². The highest BCUT2D eigenvalue weighted by atomic mass is 16.5. The van der Waals surface area contributed by atoms with E-state index in [-0.39, 0.29) is 24.0 Å². The first-order chi connectivity index (χ1) is 22.8. The Labute approximate surface area is 282 Å². The summed E-state index contributed by atoms with van der Waals surface area (Å²) in [6.07, 6.45) is 2.56. The van der Waals surface area contributed by atoms with E-state index >= 15 is 0 Å². The summed E-state index contributed by atoms with van der Waals surface area (Å²) in [7, 11) is 3.43. The molecule has 0 saturated carbocycles. The predicted molar refractivity (Wildman–Crippen MR) is 186 cm³/mol. The molecule has 2 aromatic carbocycles. The topological polar surface area (TPSA) is 93.8 Å². The first kappa shape index (κ1) is 37.1. The van der Waals surface area contributed by atoms with Crippen LogP contribution in [0.15, 0.2) is 42.5 Å². The summed E-state index contributed by atoms with van der Waals surface area (Å²) in [5.74, 6) is 1.16. The maximum absolute atomic E-state index is 13.3. The van der Waals surface area contributed by atoms with E-state index in [4.69, 9.17) is 23.7 Å². The summed E-state index contributed by atoms with van der Waals surface area (Å²) < 4.78 is 28.8. The van der Waals surface area contributed by atoms with E-state index in [9.17, 15) is 4.79 Å². The number of nitrogens with one attached hydrogen (secondary N) is 2. The van der Waals surface area contributed by atoms with E-state index in [1.807, 2.05) is 18.9 Å². The second-order valence-corrected chi connectivity index (χ2v) is 13.3. The number of benzene rings is 2. The highest BCUT2D eigenvalue weighted by Gasteiger charge is 2.38. The Balaban J connectivity index is 1.46. The Morgan fingerprint density at radius 2 is 1.77 bits per heavy atom. The maximum Gasteiger partial charge on any atom is 0.239 e. The van der Waals surface area contributed by atoms with Gasteiger partial charge in [-0.2, -0.15) is 0 Å². The average molecular weight is 655 g/mol. The molecule has 0 aromatic heterocycles. The van der Waals surface area contributed by atoms with Gasteiger partial charge in [0.2, 0.25) is 5.91 Å². The quantitative estimate of drug-likeness (QED) is 0.162. The van der Waals surface area contributed by atoms with E-state index < -0.39 is 5.41 Å². The van der Waals surface area contributed by atoms with Crippen LogP contribution in [0.5, 0.6) is 5.75 Å². The second kappa shape index (κ2) is 18.7. The number of hydrogen-bond acceptors (Lipinski definition) is 9. The molecule has 10 heteroatoms. The summed E-state index contributed by atoms with van der Waals surface area (Å²) in [5, 5.41) is 5.70. The molecule has 1 amide bonds. The zero-order valence-electron chi connectivity index (χ0n) is 29.5. The molecule has 3 atom stereocenters. The SMILES string of the molecule is CCN(CC)NC(=O)C(C)(C)C[C@@H]1C[C@H](c2ccc(COCCOC)cc2)[C@@H](OCc2ccc3c(c2)N(CCCOC)CCO3)CN1. The van der Waals surface area contributed by atoms with Gasteiger partial charge >= 0.3 is 0 Å². The van der Waals surface area contributed by atoms with Crippen molar-refractivity contribution < 1.29 is 28.5 Å². The van der Waals surface area contributed by atoms with Crippen molar-refractivity contribution in [2.24, 2.45) is 5.41 Å². The molecular weight excluding hydrogens is 596 g/mol. The van der Waals surface area contributed by atoms with E-state index in [2.05, 4.69) is 72.0 Å². The smallest absolute Gasteiger partial charge is 0.239 e. The molecule has 10 nitrogen and oxygen atoms in total. The highest BCUT2D eigenvalue weighted by molar-refractivity contribution is 5.81. The van der Waals surface area contributed by atoms with E-state index in [1.54, 1.807) is 14.2 Å². The van der Waals surface area contributed by atoms with Crippen LogP contribution in [0, 0.1) is 5.41 Å². The molecule has 262 valence electrons. The third kappa shape index (κ3) is 10.9. The largest absolute Gasteiger partial charge is 0.490 e. The predicted octanol–water partition coefficient (Wildman–Crippen LogP) is 4.91. The summed E-state index contributed by atoms with van der Waals surface area (Å²) >= 11 is 0. The van der Waals surface area contributed by atoms with Crippen molar-refractivity contribution >= 4 is 11.6 Å². The third-order valence-electron chi connectivity index (χ3n) is 9.32. The number of hydrogen-bond donors (Lipinski definition) is 2. The fourth-order valence-electron chi connectivity index (χ4n) is 6.47. The molecule has 0 spiro atoms. The van der Waals surface area contributed by atoms with Gasteiger partial charge in [-0.25, -0.2) is 5.01 Å². The van der Waals surface area contributed by atoms with Gasteiger partial charge in [0.25, 0.3) is 0 Å². The van der Waals surface area contributed by atoms with Crippen LogP contribution in [-0.4, -0.2) is 96.4 Å². The molecule has 4 rings (SSSR count). The molecule has 0 aliphatic carbocycles. The number of nitrogens with zero attached hydrogens (tertiary/aromatic N) is 2. The fourth-order valence-corrected chi connectivity index (χ4v) is 6.47. The van der Waals surface area contributed by atoms with Gasteiger partial charge in [-0.15, -0.1) is 0 Å². The number of anilines is 1. The molecule has 1 saturated heterocycles. The van der Waals surface area contributed by atoms with Crippen molar-refractivity contribution in [1.82, 2.24) is 15.8 Å². The van der Waals surface area contributed by atoms with Crippen molar-refractivity contribution in [3.63, 3.8) is 0 Å². The molecule has 0 unspecified atom stereocenters. The van der Waals surface area contributed by atoms with Crippen LogP contribution in [0.3, 0.4) is 0 Å². The van der Waals surface area contributed by atoms with Crippen molar-refractivity contribution in [2.45, 2.75) is 78.2 Å². The van der Waals surface area contributed by atoms with Crippen molar-refractivity contribution in [1.29, 1.82) is 0 Å². The number of ether oxygens (including phenoxy) is 5. The fraction of sp³-hybridized carbons (Fsp3) is 0.649. The van der Waals surface area contributed by atoms with Gasteiger partial charge in [0, 0.05) is 64.4 Å². The van der Waals surface area contributed by atoms with Crippen molar-refractivity contribution in [3.05, 3.63) is 59.2 Å². The number of methoxy groups -OCH3 is 2. The summed E-state index contributed by atoms with van der Waals surface area (Å²) in [4.78, 5) is 15.6. The minimum Gasteiger partial charge on any atom is -0.490 e. The zero-order chi connectivity index (χ0) is 33.6. The Hall–Kier alpha value is -2.73. The van der Waals surface area contributed by atoms with Crippen LogP contribution in [0.4, 0.5) is 5.69 Å². The summed E-state index contributed by atoms with van der Waals surface area (Å²) in [5.41, 5.74) is 7.22. The number of rotatable bonds is 19. The Morgan fingerprint density at radius 1 is 1.02 bits per heavy atom. The standard InChI is InChI=1S/C37H58N4O6/c1-7-41(8-2)39-36(42)37(3,4)24-31-23-32(30-13-10-28(11-14-30)26-45-21-20-44-6)35(25-38-31)47-27-29-12-15-34-33(22-29)40(17-19-46-34)16-9-18-43-5/h10-15,22,31-32,35,38H,7-9,16-21,23-27H2,1-6H3,(H,39,42)/t31-,32+,35-/m0/s1. The van der Waals surface area contributed by atoms with Crippen LogP contribution in [-0.2, 0) is 37.0 Å². The van der Waals surface area contributed by atoms with Gasteiger partial charge in [-0.3, -0.25) is 10.2 Å². The Kier molecular flexibility index (Phi) is 14.8. The van der Waals surface area contributed by atoms with Gasteiger partial charge in [0.1, 0.15) is 12.4 Å². The number of fused-ring (bicyclic) bond motifs is 1. The molecular formula is C37H58N4O6. The monoisotopic (exact) mass is 654 g/mol.